The van der Waals surface area contributed by atoms with Crippen LogP contribution in [0.1, 0.15) is 49.9 Å². The van der Waals surface area contributed by atoms with Crippen LogP contribution in [0.4, 0.5) is 0 Å². The van der Waals surface area contributed by atoms with E-state index >= 15 is 0 Å². The summed E-state index contributed by atoms with van der Waals surface area (Å²) in [5, 5.41) is 3.46. The summed E-state index contributed by atoms with van der Waals surface area (Å²) in [6.07, 6.45) is 4.00. The third-order valence-corrected chi connectivity index (χ3v) is 4.66. The highest BCUT2D eigenvalue weighted by atomic mass is 35.5. The number of hydrogen-bond donors (Lipinski definition) is 2. The maximum Gasteiger partial charge on any atom is 0.251 e. The van der Waals surface area contributed by atoms with Gasteiger partial charge in [0.05, 0.1) is 24.3 Å². The molecule has 3 N–H and O–H groups in total. The molecule has 2 rings (SSSR count). The summed E-state index contributed by atoms with van der Waals surface area (Å²) >= 11 is 6.32. The Kier molecular flexibility index (Phi) is 6.35. The zero-order chi connectivity index (χ0) is 17.7. The molecule has 0 spiro atoms. The van der Waals surface area contributed by atoms with Crippen LogP contribution in [0.2, 0.25) is 5.02 Å². The lowest BCUT2D eigenvalue weighted by Crippen LogP contribution is -2.51. The summed E-state index contributed by atoms with van der Waals surface area (Å²) in [6, 6.07) is 3.28. The van der Waals surface area contributed by atoms with E-state index in [-0.39, 0.29) is 11.4 Å². The van der Waals surface area contributed by atoms with Crippen LogP contribution in [0, 0.1) is 5.92 Å². The van der Waals surface area contributed by atoms with Crippen LogP contribution in [-0.2, 0) is 0 Å². The zero-order valence-electron chi connectivity index (χ0n) is 14.7. The molecular formula is C18H27ClN2O3. The Morgan fingerprint density at radius 3 is 2.58 bits per heavy atom. The van der Waals surface area contributed by atoms with Crippen molar-refractivity contribution in [3.8, 4) is 11.5 Å². The quantitative estimate of drug-likeness (QED) is 0.787. The Hall–Kier alpha value is -1.46. The molecule has 1 aromatic rings. The second-order valence-electron chi connectivity index (χ2n) is 6.84. The Balaban J connectivity index is 2.21. The molecule has 0 bridgehead atoms. The van der Waals surface area contributed by atoms with Crippen molar-refractivity contribution in [3.05, 3.63) is 22.7 Å². The topological polar surface area (TPSA) is 73.6 Å². The van der Waals surface area contributed by atoms with Crippen molar-refractivity contribution >= 4 is 17.5 Å². The van der Waals surface area contributed by atoms with Crippen LogP contribution >= 0.6 is 11.6 Å². The average molecular weight is 355 g/mol. The monoisotopic (exact) mass is 354 g/mol. The first-order valence-corrected chi connectivity index (χ1v) is 8.81. The largest absolute Gasteiger partial charge is 0.493 e. The molecule has 1 fully saturated rings. The maximum absolute atomic E-state index is 12.6. The molecule has 1 aromatic carbocycles. The first-order chi connectivity index (χ1) is 11.4. The molecule has 5 nitrogen and oxygen atoms in total. The highest BCUT2D eigenvalue weighted by molar-refractivity contribution is 6.32. The van der Waals surface area contributed by atoms with Gasteiger partial charge in [0.15, 0.2) is 11.5 Å². The van der Waals surface area contributed by atoms with Crippen molar-refractivity contribution in [1.82, 2.24) is 5.32 Å². The number of amides is 1. The fraction of sp³-hybridized carbons (Fsp3) is 0.611. The number of benzene rings is 1. The first-order valence-electron chi connectivity index (χ1n) is 8.43. The van der Waals surface area contributed by atoms with Crippen LogP contribution in [0.25, 0.3) is 0 Å². The van der Waals surface area contributed by atoms with Gasteiger partial charge in [-0.25, -0.2) is 0 Å². The third kappa shape index (κ3) is 4.33. The molecule has 1 aliphatic rings. The van der Waals surface area contributed by atoms with Gasteiger partial charge < -0.3 is 20.5 Å². The van der Waals surface area contributed by atoms with Crippen LogP contribution < -0.4 is 20.5 Å². The molecule has 1 aliphatic carbocycles. The highest BCUT2D eigenvalue weighted by Gasteiger charge is 2.34. The molecule has 0 atom stereocenters. The van der Waals surface area contributed by atoms with E-state index in [0.29, 0.717) is 41.2 Å². The lowest BCUT2D eigenvalue weighted by Gasteiger charge is -2.29. The number of carbonyl (C=O) groups excluding carboxylic acids is 1. The number of hydrogen-bond acceptors (Lipinski definition) is 4. The summed E-state index contributed by atoms with van der Waals surface area (Å²) in [7, 11) is 1.54. The molecule has 1 amide bonds. The smallest absolute Gasteiger partial charge is 0.251 e. The minimum absolute atomic E-state index is 0.182. The summed E-state index contributed by atoms with van der Waals surface area (Å²) in [6.45, 7) is 5.07. The number of halogens is 1. The van der Waals surface area contributed by atoms with Gasteiger partial charge in [-0.2, -0.15) is 0 Å². The SMILES string of the molecule is COc1cc(C(=O)NC2(CN)CCCC2)cc(Cl)c1OCC(C)C. The number of nitrogens with two attached hydrogens (primary N) is 1. The predicted molar refractivity (Wildman–Crippen MR) is 96.1 cm³/mol. The van der Waals surface area contributed by atoms with Gasteiger partial charge in [-0.3, -0.25) is 4.79 Å². The van der Waals surface area contributed by atoms with Crippen molar-refractivity contribution in [1.29, 1.82) is 0 Å². The van der Waals surface area contributed by atoms with E-state index in [4.69, 9.17) is 26.8 Å². The maximum atomic E-state index is 12.6. The van der Waals surface area contributed by atoms with Crippen LogP contribution in [0.5, 0.6) is 11.5 Å². The van der Waals surface area contributed by atoms with Gasteiger partial charge in [0.2, 0.25) is 0 Å². The molecule has 0 unspecified atom stereocenters. The van der Waals surface area contributed by atoms with Gasteiger partial charge in [-0.15, -0.1) is 0 Å². The first kappa shape index (κ1) is 18.9. The van der Waals surface area contributed by atoms with Gasteiger partial charge in [0.25, 0.3) is 5.91 Å². The average Bonchev–Trinajstić information content (AvgIpc) is 3.01. The van der Waals surface area contributed by atoms with Crippen molar-refractivity contribution in [2.45, 2.75) is 45.1 Å². The Bertz CT molecular complexity index is 584. The molecule has 0 aliphatic heterocycles. The molecule has 24 heavy (non-hydrogen) atoms. The van der Waals surface area contributed by atoms with Crippen molar-refractivity contribution in [3.63, 3.8) is 0 Å². The normalized spacial score (nSPS) is 16.2. The van der Waals surface area contributed by atoms with E-state index in [1.165, 1.54) is 7.11 Å². The Labute approximate surface area is 148 Å². The van der Waals surface area contributed by atoms with Crippen molar-refractivity contribution < 1.29 is 14.3 Å². The fourth-order valence-corrected chi connectivity index (χ4v) is 3.25. The lowest BCUT2D eigenvalue weighted by molar-refractivity contribution is 0.0902. The number of ether oxygens (including phenoxy) is 2. The third-order valence-electron chi connectivity index (χ3n) is 4.38. The van der Waals surface area contributed by atoms with Crippen LogP contribution in [-0.4, -0.2) is 31.7 Å². The fourth-order valence-electron chi connectivity index (χ4n) is 2.99. The van der Waals surface area contributed by atoms with Crippen LogP contribution in [0.3, 0.4) is 0 Å². The molecule has 0 saturated heterocycles. The minimum Gasteiger partial charge on any atom is -0.493 e. The standard InChI is InChI=1S/C18H27ClN2O3/c1-12(2)10-24-16-14(19)8-13(9-15(16)23-3)17(22)21-18(11-20)6-4-5-7-18/h8-9,12H,4-7,10-11,20H2,1-3H3,(H,21,22). The Morgan fingerprint density at radius 1 is 1.38 bits per heavy atom. The Morgan fingerprint density at radius 2 is 2.04 bits per heavy atom. The van der Waals surface area contributed by atoms with E-state index < -0.39 is 0 Å². The second-order valence-corrected chi connectivity index (χ2v) is 7.25. The van der Waals surface area contributed by atoms with Gasteiger partial charge in [0, 0.05) is 12.1 Å². The summed E-state index contributed by atoms with van der Waals surface area (Å²) in [5.41, 5.74) is 6.04. The minimum atomic E-state index is -0.302. The zero-order valence-corrected chi connectivity index (χ0v) is 15.4. The molecule has 0 radical (unpaired) electrons. The van der Waals surface area contributed by atoms with Gasteiger partial charge in [0.1, 0.15) is 0 Å². The molecule has 1 saturated carbocycles. The molecule has 6 heteroatoms. The molecule has 0 heterocycles. The van der Waals surface area contributed by atoms with Crippen molar-refractivity contribution in [2.75, 3.05) is 20.3 Å². The lowest BCUT2D eigenvalue weighted by atomic mass is 9.97. The van der Waals surface area contributed by atoms with Crippen molar-refractivity contribution in [2.24, 2.45) is 11.7 Å². The highest BCUT2D eigenvalue weighted by Crippen LogP contribution is 2.37. The van der Waals surface area contributed by atoms with Gasteiger partial charge >= 0.3 is 0 Å². The summed E-state index contributed by atoms with van der Waals surface area (Å²) in [4.78, 5) is 12.6. The number of nitrogens with one attached hydrogen (secondary N) is 1. The summed E-state index contributed by atoms with van der Waals surface area (Å²) < 4.78 is 11.1. The number of rotatable bonds is 7. The van der Waals surface area contributed by atoms with Gasteiger partial charge in [-0.1, -0.05) is 38.3 Å². The predicted octanol–water partition coefficient (Wildman–Crippen LogP) is 3.38. The van der Waals surface area contributed by atoms with E-state index in [9.17, 15) is 4.79 Å². The molecular weight excluding hydrogens is 328 g/mol. The van der Waals surface area contributed by atoms with E-state index in [0.717, 1.165) is 25.7 Å². The summed E-state index contributed by atoms with van der Waals surface area (Å²) in [5.74, 6) is 1.11. The van der Waals surface area contributed by atoms with E-state index in [1.54, 1.807) is 12.1 Å². The van der Waals surface area contributed by atoms with E-state index in [2.05, 4.69) is 19.2 Å². The second kappa shape index (κ2) is 8.08. The number of carbonyl (C=O) groups is 1. The van der Waals surface area contributed by atoms with E-state index in [1.807, 2.05) is 0 Å². The van der Waals surface area contributed by atoms with Gasteiger partial charge in [-0.05, 0) is 30.9 Å². The number of methoxy groups -OCH3 is 1. The molecule has 134 valence electrons. The molecule has 0 aromatic heterocycles. The van der Waals surface area contributed by atoms with Crippen LogP contribution in [0.15, 0.2) is 12.1 Å².